The lowest BCUT2D eigenvalue weighted by Gasteiger charge is -2.19. The standard InChI is InChI=1S/C21H21N3O3S/c1-24(2)28(26,27)18-13-11-17(12-14-18)21(25)23-20(16-8-4-3-5-9-16)19-10-6-7-15-22-19/h3-15,20H,1-2H3,(H,23,25)/t20-/m1/s1. The zero-order valence-corrected chi connectivity index (χ0v) is 16.4. The fourth-order valence-corrected chi connectivity index (χ4v) is 3.63. The molecular formula is C21H21N3O3S. The van der Waals surface area contributed by atoms with Crippen molar-refractivity contribution in [2.24, 2.45) is 0 Å². The topological polar surface area (TPSA) is 79.4 Å². The second-order valence-electron chi connectivity index (χ2n) is 6.38. The highest BCUT2D eigenvalue weighted by atomic mass is 32.2. The Morgan fingerprint density at radius 1 is 0.929 bits per heavy atom. The Labute approximate surface area is 164 Å². The van der Waals surface area contributed by atoms with Gasteiger partial charge >= 0.3 is 0 Å². The summed E-state index contributed by atoms with van der Waals surface area (Å²) in [5.41, 5.74) is 1.99. The average molecular weight is 395 g/mol. The summed E-state index contributed by atoms with van der Waals surface area (Å²) in [5, 5.41) is 2.99. The van der Waals surface area contributed by atoms with E-state index in [0.29, 0.717) is 11.3 Å². The van der Waals surface area contributed by atoms with Gasteiger partial charge in [-0.05, 0) is 42.0 Å². The number of nitrogens with zero attached hydrogens (tertiary/aromatic N) is 2. The molecule has 3 rings (SSSR count). The van der Waals surface area contributed by atoms with E-state index in [1.807, 2.05) is 48.5 Å². The van der Waals surface area contributed by atoms with Crippen molar-refractivity contribution in [3.05, 3.63) is 95.8 Å². The van der Waals surface area contributed by atoms with Crippen molar-refractivity contribution in [3.8, 4) is 0 Å². The zero-order valence-electron chi connectivity index (χ0n) is 15.6. The summed E-state index contributed by atoms with van der Waals surface area (Å²) in [7, 11) is -0.606. The predicted octanol–water partition coefficient (Wildman–Crippen LogP) is 2.85. The molecule has 0 unspecified atom stereocenters. The molecule has 0 aliphatic heterocycles. The molecule has 0 saturated carbocycles. The predicted molar refractivity (Wildman–Crippen MR) is 107 cm³/mol. The Bertz CT molecular complexity index is 996. The molecule has 144 valence electrons. The maximum atomic E-state index is 12.8. The average Bonchev–Trinajstić information content (AvgIpc) is 2.73. The van der Waals surface area contributed by atoms with Crippen LogP contribution in [0.2, 0.25) is 0 Å². The van der Waals surface area contributed by atoms with Gasteiger partial charge in [-0.15, -0.1) is 0 Å². The number of hydrogen-bond acceptors (Lipinski definition) is 4. The molecule has 0 bridgehead atoms. The number of aromatic nitrogens is 1. The largest absolute Gasteiger partial charge is 0.340 e. The Morgan fingerprint density at radius 2 is 1.57 bits per heavy atom. The zero-order chi connectivity index (χ0) is 20.1. The Balaban J connectivity index is 1.87. The lowest BCUT2D eigenvalue weighted by atomic mass is 10.0. The smallest absolute Gasteiger partial charge is 0.252 e. The van der Waals surface area contributed by atoms with Gasteiger partial charge in [-0.3, -0.25) is 9.78 Å². The van der Waals surface area contributed by atoms with Gasteiger partial charge in [0.1, 0.15) is 0 Å². The highest BCUT2D eigenvalue weighted by molar-refractivity contribution is 7.89. The van der Waals surface area contributed by atoms with Gasteiger partial charge in [0.15, 0.2) is 0 Å². The van der Waals surface area contributed by atoms with Crippen LogP contribution in [0.5, 0.6) is 0 Å². The van der Waals surface area contributed by atoms with E-state index in [0.717, 1.165) is 9.87 Å². The maximum absolute atomic E-state index is 12.8. The summed E-state index contributed by atoms with van der Waals surface area (Å²) in [4.78, 5) is 17.3. The number of benzene rings is 2. The number of amides is 1. The number of nitrogens with one attached hydrogen (secondary N) is 1. The van der Waals surface area contributed by atoms with Crippen molar-refractivity contribution < 1.29 is 13.2 Å². The van der Waals surface area contributed by atoms with Crippen LogP contribution in [0.15, 0.2) is 83.9 Å². The van der Waals surface area contributed by atoms with Crippen molar-refractivity contribution in [1.29, 1.82) is 0 Å². The Morgan fingerprint density at radius 3 is 2.14 bits per heavy atom. The molecule has 0 saturated heterocycles. The quantitative estimate of drug-likeness (QED) is 0.696. The van der Waals surface area contributed by atoms with E-state index in [-0.39, 0.29) is 10.8 Å². The molecule has 7 heteroatoms. The first kappa shape index (κ1) is 19.7. The van der Waals surface area contributed by atoms with Crippen LogP contribution in [-0.4, -0.2) is 37.7 Å². The summed E-state index contributed by atoms with van der Waals surface area (Å²) in [5.74, 6) is -0.312. The number of hydrogen-bond donors (Lipinski definition) is 1. The number of sulfonamides is 1. The lowest BCUT2D eigenvalue weighted by Crippen LogP contribution is -2.30. The van der Waals surface area contributed by atoms with Gasteiger partial charge in [-0.2, -0.15) is 0 Å². The van der Waals surface area contributed by atoms with E-state index < -0.39 is 16.1 Å². The minimum atomic E-state index is -3.54. The summed E-state index contributed by atoms with van der Waals surface area (Å²) < 4.78 is 25.5. The molecule has 1 atom stereocenters. The third-order valence-corrected chi connectivity index (χ3v) is 6.12. The van der Waals surface area contributed by atoms with Gasteiger partial charge in [-0.1, -0.05) is 36.4 Å². The molecule has 3 aromatic rings. The normalized spacial score (nSPS) is 12.5. The van der Waals surface area contributed by atoms with Crippen molar-refractivity contribution in [1.82, 2.24) is 14.6 Å². The third-order valence-electron chi connectivity index (χ3n) is 4.29. The molecular weight excluding hydrogens is 374 g/mol. The highest BCUT2D eigenvalue weighted by Crippen LogP contribution is 2.21. The molecule has 0 fully saturated rings. The molecule has 28 heavy (non-hydrogen) atoms. The van der Waals surface area contributed by atoms with Crippen LogP contribution in [-0.2, 0) is 10.0 Å². The molecule has 1 heterocycles. The maximum Gasteiger partial charge on any atom is 0.252 e. The summed E-state index contributed by atoms with van der Waals surface area (Å²) in [6, 6.07) is 20.6. The van der Waals surface area contributed by atoms with Crippen LogP contribution >= 0.6 is 0 Å². The first-order valence-electron chi connectivity index (χ1n) is 8.69. The first-order chi connectivity index (χ1) is 13.4. The van der Waals surface area contributed by atoms with Crippen LogP contribution < -0.4 is 5.32 Å². The first-order valence-corrected chi connectivity index (χ1v) is 10.1. The van der Waals surface area contributed by atoms with Gasteiger partial charge in [-0.25, -0.2) is 12.7 Å². The Kier molecular flexibility index (Phi) is 5.87. The van der Waals surface area contributed by atoms with Gasteiger partial charge < -0.3 is 5.32 Å². The van der Waals surface area contributed by atoms with E-state index in [1.165, 1.54) is 38.4 Å². The van der Waals surface area contributed by atoms with Crippen molar-refractivity contribution in [3.63, 3.8) is 0 Å². The van der Waals surface area contributed by atoms with E-state index >= 15 is 0 Å². The summed E-state index contributed by atoms with van der Waals surface area (Å²) in [6.45, 7) is 0. The third kappa shape index (κ3) is 4.27. The fourth-order valence-electron chi connectivity index (χ4n) is 2.72. The number of carbonyl (C=O) groups is 1. The molecule has 1 amide bonds. The highest BCUT2D eigenvalue weighted by Gasteiger charge is 2.20. The Hall–Kier alpha value is -3.03. The van der Waals surface area contributed by atoms with Crippen LogP contribution in [0, 0.1) is 0 Å². The molecule has 1 N–H and O–H groups in total. The van der Waals surface area contributed by atoms with Gasteiger partial charge in [0.25, 0.3) is 5.91 Å². The van der Waals surface area contributed by atoms with E-state index in [4.69, 9.17) is 0 Å². The fraction of sp³-hybridized carbons (Fsp3) is 0.143. The number of pyridine rings is 1. The molecule has 2 aromatic carbocycles. The van der Waals surface area contributed by atoms with Crippen LogP contribution in [0.25, 0.3) is 0 Å². The van der Waals surface area contributed by atoms with Gasteiger partial charge in [0.2, 0.25) is 10.0 Å². The van der Waals surface area contributed by atoms with E-state index in [9.17, 15) is 13.2 Å². The monoisotopic (exact) mass is 395 g/mol. The summed E-state index contributed by atoms with van der Waals surface area (Å²) in [6.07, 6.45) is 1.68. The van der Waals surface area contributed by atoms with E-state index in [2.05, 4.69) is 10.3 Å². The second kappa shape index (κ2) is 8.33. The molecule has 1 aromatic heterocycles. The number of rotatable bonds is 6. The van der Waals surface area contributed by atoms with Crippen LogP contribution in [0.4, 0.5) is 0 Å². The molecule has 0 radical (unpaired) electrons. The van der Waals surface area contributed by atoms with E-state index in [1.54, 1.807) is 6.20 Å². The van der Waals surface area contributed by atoms with Gasteiger partial charge in [0.05, 0.1) is 16.6 Å². The van der Waals surface area contributed by atoms with Crippen LogP contribution in [0.3, 0.4) is 0 Å². The SMILES string of the molecule is CN(C)S(=O)(=O)c1ccc(C(=O)N[C@H](c2ccccc2)c2ccccn2)cc1. The second-order valence-corrected chi connectivity index (χ2v) is 8.54. The molecule has 0 aliphatic carbocycles. The number of carbonyl (C=O) groups excluding carboxylic acids is 1. The molecule has 0 spiro atoms. The van der Waals surface area contributed by atoms with Crippen molar-refractivity contribution >= 4 is 15.9 Å². The van der Waals surface area contributed by atoms with Crippen molar-refractivity contribution in [2.75, 3.05) is 14.1 Å². The lowest BCUT2D eigenvalue weighted by molar-refractivity contribution is 0.0942. The van der Waals surface area contributed by atoms with Crippen LogP contribution in [0.1, 0.15) is 27.7 Å². The molecule has 6 nitrogen and oxygen atoms in total. The molecule has 0 aliphatic rings. The van der Waals surface area contributed by atoms with Crippen molar-refractivity contribution in [2.45, 2.75) is 10.9 Å². The minimum absolute atomic E-state index is 0.137. The minimum Gasteiger partial charge on any atom is -0.340 e. The summed E-state index contributed by atoms with van der Waals surface area (Å²) >= 11 is 0. The van der Waals surface area contributed by atoms with Gasteiger partial charge in [0, 0.05) is 25.9 Å².